The van der Waals surface area contributed by atoms with Gasteiger partial charge in [-0.25, -0.2) is 0 Å². The average Bonchev–Trinajstić information content (AvgIpc) is 2.83. The summed E-state index contributed by atoms with van der Waals surface area (Å²) in [6, 6.07) is 3.91. The summed E-state index contributed by atoms with van der Waals surface area (Å²) in [4.78, 5) is 14.6. The number of rotatable bonds is 4. The van der Waals surface area contributed by atoms with E-state index in [1.165, 1.54) is 0 Å². The molecule has 1 amide bonds. The molecule has 0 aliphatic carbocycles. The fourth-order valence-corrected chi connectivity index (χ4v) is 3.07. The molecular weight excluding hydrogens is 272 g/mol. The van der Waals surface area contributed by atoms with Crippen LogP contribution in [0.2, 0.25) is 4.34 Å². The second-order valence-electron chi connectivity index (χ2n) is 4.23. The van der Waals surface area contributed by atoms with Crippen molar-refractivity contribution in [3.63, 3.8) is 0 Å². The van der Waals surface area contributed by atoms with Crippen LogP contribution in [0.4, 0.5) is 0 Å². The number of nitrogens with zero attached hydrogens (tertiary/aromatic N) is 1. The molecule has 1 aromatic rings. The molecule has 0 spiro atoms. The average molecular weight is 289 g/mol. The highest BCUT2D eigenvalue weighted by molar-refractivity contribution is 7.16. The van der Waals surface area contributed by atoms with Gasteiger partial charge in [0.15, 0.2) is 0 Å². The topological polar surface area (TPSA) is 41.6 Å². The molecule has 0 saturated carbocycles. The number of carbonyl (C=O) groups is 1. The van der Waals surface area contributed by atoms with Crippen LogP contribution in [0.1, 0.15) is 17.4 Å². The Labute approximate surface area is 116 Å². The Bertz CT molecular complexity index is 411. The second-order valence-corrected chi connectivity index (χ2v) is 5.97. The van der Waals surface area contributed by atoms with Gasteiger partial charge in [0.1, 0.15) is 6.10 Å². The maximum Gasteiger partial charge on any atom is 0.221 e. The quantitative estimate of drug-likeness (QED) is 0.920. The van der Waals surface area contributed by atoms with Crippen molar-refractivity contribution >= 4 is 28.8 Å². The first-order valence-electron chi connectivity index (χ1n) is 5.99. The minimum Gasteiger partial charge on any atom is -0.370 e. The van der Waals surface area contributed by atoms with Crippen molar-refractivity contribution in [1.29, 1.82) is 0 Å². The zero-order valence-electron chi connectivity index (χ0n) is 10.3. The molecule has 0 radical (unpaired) electrons. The first kappa shape index (κ1) is 13.8. The van der Waals surface area contributed by atoms with E-state index in [2.05, 4.69) is 10.2 Å². The first-order chi connectivity index (χ1) is 8.69. The number of hydrogen-bond acceptors (Lipinski definition) is 4. The van der Waals surface area contributed by atoms with Gasteiger partial charge in [-0.15, -0.1) is 11.3 Å². The van der Waals surface area contributed by atoms with Crippen LogP contribution in [0.25, 0.3) is 0 Å². The van der Waals surface area contributed by atoms with Crippen molar-refractivity contribution in [2.75, 3.05) is 33.3 Å². The number of carbonyl (C=O) groups excluding carboxylic acids is 1. The summed E-state index contributed by atoms with van der Waals surface area (Å²) in [5, 5.41) is 2.64. The fraction of sp³-hybridized carbons (Fsp3) is 0.583. The van der Waals surface area contributed by atoms with Gasteiger partial charge in [0.05, 0.1) is 10.9 Å². The molecule has 1 aliphatic heterocycles. The summed E-state index contributed by atoms with van der Waals surface area (Å²) in [6.07, 6.45) is 0.620. The molecule has 1 aliphatic rings. The van der Waals surface area contributed by atoms with E-state index in [0.29, 0.717) is 13.0 Å². The lowest BCUT2D eigenvalue weighted by atomic mass is 10.2. The highest BCUT2D eigenvalue weighted by Gasteiger charge is 2.23. The Balaban J connectivity index is 1.86. The Morgan fingerprint density at radius 3 is 3.17 bits per heavy atom. The predicted octanol–water partition coefficient (Wildman–Crippen LogP) is 1.91. The Hall–Kier alpha value is -0.620. The van der Waals surface area contributed by atoms with E-state index in [4.69, 9.17) is 16.3 Å². The molecule has 0 aromatic carbocycles. The van der Waals surface area contributed by atoms with Crippen molar-refractivity contribution in [2.24, 2.45) is 0 Å². The maximum atomic E-state index is 11.2. The highest BCUT2D eigenvalue weighted by atomic mass is 35.5. The van der Waals surface area contributed by atoms with Crippen LogP contribution in [-0.2, 0) is 9.53 Å². The molecular formula is C12H17ClN2O2S. The van der Waals surface area contributed by atoms with Crippen LogP contribution in [0.15, 0.2) is 12.1 Å². The van der Waals surface area contributed by atoms with Gasteiger partial charge in [0, 0.05) is 38.0 Å². The molecule has 1 unspecified atom stereocenters. The molecule has 2 heterocycles. The van der Waals surface area contributed by atoms with Crippen molar-refractivity contribution in [3.05, 3.63) is 21.3 Å². The summed E-state index contributed by atoms with van der Waals surface area (Å²) in [5.74, 6) is 0.0807. The zero-order chi connectivity index (χ0) is 13.0. The highest BCUT2D eigenvalue weighted by Crippen LogP contribution is 2.31. The molecule has 4 nitrogen and oxygen atoms in total. The Morgan fingerprint density at radius 2 is 2.50 bits per heavy atom. The van der Waals surface area contributed by atoms with Gasteiger partial charge in [0.2, 0.25) is 5.91 Å². The van der Waals surface area contributed by atoms with Gasteiger partial charge in [-0.05, 0) is 12.1 Å². The monoisotopic (exact) mass is 288 g/mol. The maximum absolute atomic E-state index is 11.2. The molecule has 2 rings (SSSR count). The van der Waals surface area contributed by atoms with E-state index >= 15 is 0 Å². The van der Waals surface area contributed by atoms with E-state index in [9.17, 15) is 4.79 Å². The largest absolute Gasteiger partial charge is 0.370 e. The number of amides is 1. The third kappa shape index (κ3) is 3.68. The second kappa shape index (κ2) is 6.52. The molecule has 1 fully saturated rings. The fourth-order valence-electron chi connectivity index (χ4n) is 1.96. The lowest BCUT2D eigenvalue weighted by Gasteiger charge is -2.32. The van der Waals surface area contributed by atoms with Gasteiger partial charge in [0.25, 0.3) is 0 Å². The summed E-state index contributed by atoms with van der Waals surface area (Å²) in [7, 11) is 1.66. The summed E-state index contributed by atoms with van der Waals surface area (Å²) >= 11 is 7.49. The van der Waals surface area contributed by atoms with Gasteiger partial charge < -0.3 is 10.1 Å². The third-order valence-electron chi connectivity index (χ3n) is 3.00. The number of ether oxygens (including phenoxy) is 1. The van der Waals surface area contributed by atoms with Gasteiger partial charge in [-0.1, -0.05) is 11.6 Å². The van der Waals surface area contributed by atoms with E-state index in [-0.39, 0.29) is 12.0 Å². The molecule has 1 aromatic heterocycles. The summed E-state index contributed by atoms with van der Waals surface area (Å²) in [5.41, 5.74) is 0. The number of nitrogens with one attached hydrogen (secondary N) is 1. The third-order valence-corrected chi connectivity index (χ3v) is 4.32. The number of morpholine rings is 1. The van der Waals surface area contributed by atoms with Gasteiger partial charge in [-0.2, -0.15) is 0 Å². The van der Waals surface area contributed by atoms with Crippen LogP contribution >= 0.6 is 22.9 Å². The zero-order valence-corrected chi connectivity index (χ0v) is 11.9. The Morgan fingerprint density at radius 1 is 1.67 bits per heavy atom. The summed E-state index contributed by atoms with van der Waals surface area (Å²) in [6.45, 7) is 3.19. The minimum atomic E-state index is 0.0807. The Kier molecular flexibility index (Phi) is 5.00. The van der Waals surface area contributed by atoms with Gasteiger partial charge in [-0.3, -0.25) is 9.69 Å². The van der Waals surface area contributed by atoms with E-state index in [1.807, 2.05) is 12.1 Å². The molecule has 18 heavy (non-hydrogen) atoms. The molecule has 1 saturated heterocycles. The van der Waals surface area contributed by atoms with Crippen LogP contribution in [0, 0.1) is 0 Å². The van der Waals surface area contributed by atoms with Crippen molar-refractivity contribution in [1.82, 2.24) is 10.2 Å². The smallest absolute Gasteiger partial charge is 0.221 e. The minimum absolute atomic E-state index is 0.0807. The molecule has 6 heteroatoms. The number of hydrogen-bond donors (Lipinski definition) is 1. The van der Waals surface area contributed by atoms with Crippen LogP contribution in [0.5, 0.6) is 0 Å². The van der Waals surface area contributed by atoms with Crippen LogP contribution < -0.4 is 5.32 Å². The van der Waals surface area contributed by atoms with E-state index in [0.717, 1.165) is 28.8 Å². The van der Waals surface area contributed by atoms with Gasteiger partial charge >= 0.3 is 0 Å². The van der Waals surface area contributed by atoms with Crippen LogP contribution in [-0.4, -0.2) is 44.1 Å². The standard InChI is InChI=1S/C12H17ClN2O2S/c1-14-12(16)4-5-15-6-7-17-9(8-15)10-2-3-11(13)18-10/h2-3,9H,4-8H2,1H3,(H,14,16). The summed E-state index contributed by atoms with van der Waals surface area (Å²) < 4.78 is 6.54. The normalized spacial score (nSPS) is 20.9. The van der Waals surface area contributed by atoms with Crippen LogP contribution in [0.3, 0.4) is 0 Å². The van der Waals surface area contributed by atoms with Crippen molar-refractivity contribution in [2.45, 2.75) is 12.5 Å². The molecule has 1 atom stereocenters. The predicted molar refractivity (Wildman–Crippen MR) is 73.1 cm³/mol. The number of thiophene rings is 1. The van der Waals surface area contributed by atoms with E-state index < -0.39 is 0 Å². The lowest BCUT2D eigenvalue weighted by molar-refractivity contribution is -0.121. The molecule has 1 N–H and O–H groups in total. The van der Waals surface area contributed by atoms with E-state index in [1.54, 1.807) is 18.4 Å². The first-order valence-corrected chi connectivity index (χ1v) is 7.18. The molecule has 0 bridgehead atoms. The van der Waals surface area contributed by atoms with Crippen molar-refractivity contribution in [3.8, 4) is 0 Å². The SMILES string of the molecule is CNC(=O)CCN1CCOC(c2ccc(Cl)s2)C1. The molecule has 100 valence electrons. The lowest BCUT2D eigenvalue weighted by Crippen LogP contribution is -2.39. The van der Waals surface area contributed by atoms with Crippen molar-refractivity contribution < 1.29 is 9.53 Å². The number of halogens is 1.